The van der Waals surface area contributed by atoms with E-state index in [4.69, 9.17) is 21.7 Å². The van der Waals surface area contributed by atoms with Gasteiger partial charge in [-0.3, -0.25) is 10.1 Å². The van der Waals surface area contributed by atoms with Gasteiger partial charge in [0.05, 0.1) is 12.3 Å². The normalized spacial score (nSPS) is 10.5. The highest BCUT2D eigenvalue weighted by Crippen LogP contribution is 2.19. The van der Waals surface area contributed by atoms with Crippen LogP contribution in [0.25, 0.3) is 16.7 Å². The van der Waals surface area contributed by atoms with Crippen molar-refractivity contribution in [2.45, 2.75) is 6.92 Å². The number of nitrogens with one attached hydrogen (secondary N) is 2. The standard InChI is InChI=1S/C23H21N5O3S/c1-2-30-19-11-9-17(10-12-19)28-26-20-13-8-16(14-21(20)27-28)24-23(32)25-22(29)15-31-18-6-4-3-5-7-18/h3-14H,2,15H2,1H3,(H2,24,25,29,32). The summed E-state index contributed by atoms with van der Waals surface area (Å²) in [7, 11) is 0. The van der Waals surface area contributed by atoms with Crippen molar-refractivity contribution < 1.29 is 14.3 Å². The van der Waals surface area contributed by atoms with Gasteiger partial charge < -0.3 is 14.8 Å². The summed E-state index contributed by atoms with van der Waals surface area (Å²) < 4.78 is 10.9. The molecular weight excluding hydrogens is 426 g/mol. The van der Waals surface area contributed by atoms with Crippen LogP contribution in [-0.2, 0) is 4.79 Å². The van der Waals surface area contributed by atoms with Crippen LogP contribution in [0.1, 0.15) is 6.92 Å². The van der Waals surface area contributed by atoms with Gasteiger partial charge >= 0.3 is 0 Å². The van der Waals surface area contributed by atoms with Gasteiger partial charge in [0.2, 0.25) is 0 Å². The second kappa shape index (κ2) is 9.88. The van der Waals surface area contributed by atoms with E-state index in [-0.39, 0.29) is 17.6 Å². The van der Waals surface area contributed by atoms with Crippen LogP contribution in [0.2, 0.25) is 0 Å². The Labute approximate surface area is 190 Å². The molecule has 8 nitrogen and oxygen atoms in total. The summed E-state index contributed by atoms with van der Waals surface area (Å²) in [4.78, 5) is 13.6. The Morgan fingerprint density at radius 1 is 0.938 bits per heavy atom. The number of fused-ring (bicyclic) bond motifs is 1. The van der Waals surface area contributed by atoms with E-state index in [9.17, 15) is 4.79 Å². The Morgan fingerprint density at radius 2 is 1.66 bits per heavy atom. The van der Waals surface area contributed by atoms with Crippen LogP contribution in [-0.4, -0.2) is 39.2 Å². The molecule has 9 heteroatoms. The lowest BCUT2D eigenvalue weighted by Crippen LogP contribution is -2.37. The molecule has 0 unspecified atom stereocenters. The molecule has 0 bridgehead atoms. The largest absolute Gasteiger partial charge is 0.494 e. The van der Waals surface area contributed by atoms with Gasteiger partial charge in [-0.1, -0.05) is 18.2 Å². The lowest BCUT2D eigenvalue weighted by molar-refractivity contribution is -0.121. The summed E-state index contributed by atoms with van der Waals surface area (Å²) in [6.45, 7) is 2.42. The van der Waals surface area contributed by atoms with Crippen LogP contribution in [0.15, 0.2) is 72.8 Å². The molecule has 0 spiro atoms. The van der Waals surface area contributed by atoms with E-state index in [1.54, 1.807) is 16.9 Å². The lowest BCUT2D eigenvalue weighted by atomic mass is 10.3. The van der Waals surface area contributed by atoms with Gasteiger partial charge in [0.25, 0.3) is 5.91 Å². The molecule has 2 N–H and O–H groups in total. The van der Waals surface area contributed by atoms with E-state index >= 15 is 0 Å². The fourth-order valence-corrected chi connectivity index (χ4v) is 3.17. The zero-order valence-electron chi connectivity index (χ0n) is 17.3. The van der Waals surface area contributed by atoms with E-state index in [1.165, 1.54) is 0 Å². The lowest BCUT2D eigenvalue weighted by Gasteiger charge is -2.10. The topological polar surface area (TPSA) is 90.3 Å². The maximum atomic E-state index is 12.1. The van der Waals surface area contributed by atoms with Gasteiger partial charge in [-0.05, 0) is 73.7 Å². The number of thiocarbonyl (C=S) groups is 1. The maximum Gasteiger partial charge on any atom is 0.264 e. The molecule has 0 atom stereocenters. The van der Waals surface area contributed by atoms with Gasteiger partial charge in [-0.15, -0.1) is 10.2 Å². The van der Waals surface area contributed by atoms with E-state index in [0.717, 1.165) is 17.0 Å². The van der Waals surface area contributed by atoms with Crippen LogP contribution in [0.5, 0.6) is 11.5 Å². The molecular formula is C23H21N5O3S. The second-order valence-corrected chi connectivity index (χ2v) is 7.13. The number of benzene rings is 3. The molecule has 0 saturated carbocycles. The summed E-state index contributed by atoms with van der Waals surface area (Å²) in [5, 5.41) is 14.8. The first-order chi connectivity index (χ1) is 15.6. The Morgan fingerprint density at radius 3 is 2.41 bits per heavy atom. The molecule has 0 fully saturated rings. The molecule has 32 heavy (non-hydrogen) atoms. The number of ether oxygens (including phenoxy) is 2. The molecule has 0 aliphatic rings. The zero-order valence-corrected chi connectivity index (χ0v) is 18.1. The average molecular weight is 448 g/mol. The van der Waals surface area contributed by atoms with Crippen molar-refractivity contribution in [3.8, 4) is 17.2 Å². The van der Waals surface area contributed by atoms with Crippen molar-refractivity contribution in [1.82, 2.24) is 20.3 Å². The van der Waals surface area contributed by atoms with Gasteiger partial charge in [0.1, 0.15) is 22.5 Å². The van der Waals surface area contributed by atoms with Crippen molar-refractivity contribution in [3.63, 3.8) is 0 Å². The zero-order chi connectivity index (χ0) is 22.3. The predicted molar refractivity (Wildman–Crippen MR) is 126 cm³/mol. The third-order valence-corrected chi connectivity index (χ3v) is 4.59. The van der Waals surface area contributed by atoms with Crippen molar-refractivity contribution in [3.05, 3.63) is 72.8 Å². The molecule has 0 aliphatic carbocycles. The Balaban J connectivity index is 1.37. The minimum atomic E-state index is -0.353. The highest BCUT2D eigenvalue weighted by Gasteiger charge is 2.09. The molecule has 1 heterocycles. The van der Waals surface area contributed by atoms with E-state index in [0.29, 0.717) is 23.6 Å². The summed E-state index contributed by atoms with van der Waals surface area (Å²) in [6.07, 6.45) is 0. The Kier molecular flexibility index (Phi) is 6.57. The number of nitrogens with zero attached hydrogens (tertiary/aromatic N) is 3. The average Bonchev–Trinajstić information content (AvgIpc) is 3.22. The molecule has 1 aromatic heterocycles. The second-order valence-electron chi connectivity index (χ2n) is 6.72. The predicted octanol–water partition coefficient (Wildman–Crippen LogP) is 3.71. The highest BCUT2D eigenvalue weighted by molar-refractivity contribution is 7.80. The molecule has 0 saturated heterocycles. The quantitative estimate of drug-likeness (QED) is 0.418. The first kappa shape index (κ1) is 21.3. The van der Waals surface area contributed by atoms with Crippen LogP contribution in [0.3, 0.4) is 0 Å². The number of anilines is 1. The van der Waals surface area contributed by atoms with Gasteiger partial charge in [-0.25, -0.2) is 0 Å². The molecule has 1 amide bonds. The number of para-hydroxylation sites is 1. The number of amides is 1. The number of hydrogen-bond acceptors (Lipinski definition) is 6. The monoisotopic (exact) mass is 447 g/mol. The third kappa shape index (κ3) is 5.38. The molecule has 4 aromatic rings. The Hall–Kier alpha value is -3.98. The van der Waals surface area contributed by atoms with Crippen LogP contribution < -0.4 is 20.1 Å². The molecule has 0 radical (unpaired) electrons. The summed E-state index contributed by atoms with van der Waals surface area (Å²) in [6, 6.07) is 22.1. The first-order valence-corrected chi connectivity index (χ1v) is 10.4. The van der Waals surface area contributed by atoms with E-state index < -0.39 is 0 Å². The number of hydrogen-bond donors (Lipinski definition) is 2. The van der Waals surface area contributed by atoms with Gasteiger partial charge in [0.15, 0.2) is 11.7 Å². The maximum absolute atomic E-state index is 12.1. The van der Waals surface area contributed by atoms with Crippen LogP contribution >= 0.6 is 12.2 Å². The number of carbonyl (C=O) groups excluding carboxylic acids is 1. The number of carbonyl (C=O) groups is 1. The molecule has 3 aromatic carbocycles. The van der Waals surface area contributed by atoms with Gasteiger partial charge in [0, 0.05) is 5.69 Å². The van der Waals surface area contributed by atoms with Crippen molar-refractivity contribution in [2.24, 2.45) is 0 Å². The summed E-state index contributed by atoms with van der Waals surface area (Å²) >= 11 is 5.23. The minimum Gasteiger partial charge on any atom is -0.494 e. The van der Waals surface area contributed by atoms with Crippen molar-refractivity contribution in [1.29, 1.82) is 0 Å². The number of rotatable bonds is 7. The molecule has 0 aliphatic heterocycles. The van der Waals surface area contributed by atoms with Crippen molar-refractivity contribution in [2.75, 3.05) is 18.5 Å². The fourth-order valence-electron chi connectivity index (χ4n) is 2.94. The van der Waals surface area contributed by atoms with Crippen LogP contribution in [0.4, 0.5) is 5.69 Å². The minimum absolute atomic E-state index is 0.138. The van der Waals surface area contributed by atoms with E-state index in [2.05, 4.69) is 20.8 Å². The van der Waals surface area contributed by atoms with Gasteiger partial charge in [-0.2, -0.15) is 4.80 Å². The Bertz CT molecular complexity index is 1230. The van der Waals surface area contributed by atoms with Crippen LogP contribution in [0, 0.1) is 0 Å². The van der Waals surface area contributed by atoms with E-state index in [1.807, 2.05) is 67.6 Å². The highest BCUT2D eigenvalue weighted by atomic mass is 32.1. The fraction of sp³-hybridized carbons (Fsp3) is 0.130. The number of aromatic nitrogens is 3. The van der Waals surface area contributed by atoms with Crippen molar-refractivity contribution >= 4 is 40.0 Å². The third-order valence-electron chi connectivity index (χ3n) is 4.38. The smallest absolute Gasteiger partial charge is 0.264 e. The summed E-state index contributed by atoms with van der Waals surface area (Å²) in [5.41, 5.74) is 2.92. The SMILES string of the molecule is CCOc1ccc(-n2nc3ccc(NC(=S)NC(=O)COc4ccccc4)cc3n2)cc1. The first-order valence-electron chi connectivity index (χ1n) is 10.00. The molecule has 162 valence electrons. The molecule has 4 rings (SSSR count). The summed E-state index contributed by atoms with van der Waals surface area (Å²) in [5.74, 6) is 1.06.